The minimum absolute atomic E-state index is 0.0532. The normalized spacial score (nSPS) is 20.1. The van der Waals surface area contributed by atoms with Crippen LogP contribution < -0.4 is 0 Å². The van der Waals surface area contributed by atoms with E-state index < -0.39 is 0 Å². The lowest BCUT2D eigenvalue weighted by Gasteiger charge is -2.21. The molecule has 3 heteroatoms. The number of nitrogens with zero attached hydrogens (tertiary/aromatic N) is 1. The molecule has 1 heterocycles. The topological polar surface area (TPSA) is 40.5 Å². The van der Waals surface area contributed by atoms with Crippen LogP contribution in [0.5, 0.6) is 5.75 Å². The summed E-state index contributed by atoms with van der Waals surface area (Å²) in [5.41, 5.74) is 1.38. The molecule has 0 saturated carbocycles. The van der Waals surface area contributed by atoms with Crippen molar-refractivity contribution in [1.82, 2.24) is 4.90 Å². The first kappa shape index (κ1) is 11.0. The fourth-order valence-electron chi connectivity index (χ4n) is 2.21. The molecule has 3 nitrogen and oxygen atoms in total. The van der Waals surface area contributed by atoms with Gasteiger partial charge in [-0.25, -0.2) is 0 Å². The fraction of sp³-hybridized carbons (Fsp3) is 0.462. The number of phenolic OH excluding ortho intramolecular Hbond substituents is 1. The van der Waals surface area contributed by atoms with E-state index in [0.29, 0.717) is 5.56 Å². The number of benzene rings is 1. The maximum absolute atomic E-state index is 12.2. The van der Waals surface area contributed by atoms with Crippen molar-refractivity contribution >= 4 is 5.91 Å². The minimum Gasteiger partial charge on any atom is -0.507 e. The van der Waals surface area contributed by atoms with Crippen LogP contribution in [0.3, 0.4) is 0 Å². The zero-order chi connectivity index (χ0) is 11.7. The molecule has 0 aliphatic carbocycles. The highest BCUT2D eigenvalue weighted by Crippen LogP contribution is 2.24. The van der Waals surface area contributed by atoms with Gasteiger partial charge < -0.3 is 10.0 Å². The standard InChI is InChI=1S/C13H17NO2/c1-9-5-6-11(12(15)8-9)13(16)14-7-3-4-10(14)2/h5-6,8,10,15H,3-4,7H2,1-2H3. The third kappa shape index (κ3) is 1.90. The summed E-state index contributed by atoms with van der Waals surface area (Å²) in [6.45, 7) is 4.75. The molecule has 0 spiro atoms. The zero-order valence-corrected chi connectivity index (χ0v) is 9.73. The number of aryl methyl sites for hydroxylation is 1. The summed E-state index contributed by atoms with van der Waals surface area (Å²) < 4.78 is 0. The van der Waals surface area contributed by atoms with Crippen molar-refractivity contribution in [3.05, 3.63) is 29.3 Å². The van der Waals surface area contributed by atoms with Gasteiger partial charge in [-0.05, 0) is 44.4 Å². The number of carbonyl (C=O) groups excluding carboxylic acids is 1. The molecule has 0 aromatic heterocycles. The molecule has 1 amide bonds. The lowest BCUT2D eigenvalue weighted by atomic mass is 10.1. The van der Waals surface area contributed by atoms with E-state index in [4.69, 9.17) is 0 Å². The summed E-state index contributed by atoms with van der Waals surface area (Å²) in [4.78, 5) is 14.0. The van der Waals surface area contributed by atoms with Crippen LogP contribution in [-0.2, 0) is 0 Å². The Bertz CT molecular complexity index is 414. The largest absolute Gasteiger partial charge is 0.507 e. The van der Waals surface area contributed by atoms with E-state index in [1.54, 1.807) is 12.1 Å². The van der Waals surface area contributed by atoms with Crippen molar-refractivity contribution in [2.75, 3.05) is 6.54 Å². The predicted molar refractivity (Wildman–Crippen MR) is 62.6 cm³/mol. The maximum Gasteiger partial charge on any atom is 0.257 e. The first-order valence-electron chi connectivity index (χ1n) is 5.70. The fourth-order valence-corrected chi connectivity index (χ4v) is 2.21. The highest BCUT2D eigenvalue weighted by molar-refractivity contribution is 5.97. The summed E-state index contributed by atoms with van der Waals surface area (Å²) in [7, 11) is 0. The molecule has 86 valence electrons. The van der Waals surface area contributed by atoms with Crippen molar-refractivity contribution in [2.24, 2.45) is 0 Å². The Hall–Kier alpha value is -1.51. The van der Waals surface area contributed by atoms with Crippen LogP contribution in [0.25, 0.3) is 0 Å². The van der Waals surface area contributed by atoms with Gasteiger partial charge in [0.1, 0.15) is 5.75 Å². The first-order chi connectivity index (χ1) is 7.59. The van der Waals surface area contributed by atoms with E-state index in [1.807, 2.05) is 17.9 Å². The van der Waals surface area contributed by atoms with Gasteiger partial charge in [-0.1, -0.05) is 6.07 Å². The average molecular weight is 219 g/mol. The lowest BCUT2D eigenvalue weighted by molar-refractivity contribution is 0.0744. The van der Waals surface area contributed by atoms with E-state index in [1.165, 1.54) is 0 Å². The Labute approximate surface area is 95.7 Å². The summed E-state index contributed by atoms with van der Waals surface area (Å²) in [6.07, 6.45) is 2.11. The van der Waals surface area contributed by atoms with Crippen LogP contribution >= 0.6 is 0 Å². The third-order valence-electron chi connectivity index (χ3n) is 3.20. The molecule has 1 aromatic rings. The van der Waals surface area contributed by atoms with Crippen molar-refractivity contribution < 1.29 is 9.90 Å². The molecule has 1 aliphatic heterocycles. The van der Waals surface area contributed by atoms with E-state index in [9.17, 15) is 9.90 Å². The second kappa shape index (κ2) is 4.16. The summed E-state index contributed by atoms with van der Waals surface area (Å²) >= 11 is 0. The highest BCUT2D eigenvalue weighted by atomic mass is 16.3. The van der Waals surface area contributed by atoms with Crippen molar-refractivity contribution in [2.45, 2.75) is 32.7 Å². The molecular weight excluding hydrogens is 202 g/mol. The van der Waals surface area contributed by atoms with E-state index in [2.05, 4.69) is 6.92 Å². The molecule has 2 rings (SSSR count). The van der Waals surface area contributed by atoms with Gasteiger partial charge in [-0.15, -0.1) is 0 Å². The second-order valence-corrected chi connectivity index (χ2v) is 4.51. The number of hydrogen-bond acceptors (Lipinski definition) is 2. The summed E-state index contributed by atoms with van der Waals surface area (Å²) in [5.74, 6) is 0.0339. The quantitative estimate of drug-likeness (QED) is 0.787. The first-order valence-corrected chi connectivity index (χ1v) is 5.70. The van der Waals surface area contributed by atoms with Crippen molar-refractivity contribution in [3.8, 4) is 5.75 Å². The van der Waals surface area contributed by atoms with E-state index in [0.717, 1.165) is 24.9 Å². The molecule has 16 heavy (non-hydrogen) atoms. The van der Waals surface area contributed by atoms with Gasteiger partial charge in [-0.2, -0.15) is 0 Å². The number of rotatable bonds is 1. The zero-order valence-electron chi connectivity index (χ0n) is 9.73. The Kier molecular flexibility index (Phi) is 2.86. The molecule has 1 saturated heterocycles. The number of amides is 1. The molecular formula is C13H17NO2. The van der Waals surface area contributed by atoms with Gasteiger partial charge in [0, 0.05) is 12.6 Å². The summed E-state index contributed by atoms with van der Waals surface area (Å²) in [6, 6.07) is 5.48. The van der Waals surface area contributed by atoms with Crippen LogP contribution in [0.1, 0.15) is 35.7 Å². The number of hydrogen-bond donors (Lipinski definition) is 1. The minimum atomic E-state index is -0.0532. The average Bonchev–Trinajstić information content (AvgIpc) is 2.63. The Morgan fingerprint density at radius 1 is 1.50 bits per heavy atom. The molecule has 1 unspecified atom stereocenters. The molecule has 1 N–H and O–H groups in total. The van der Waals surface area contributed by atoms with Crippen LogP contribution in [-0.4, -0.2) is 28.5 Å². The van der Waals surface area contributed by atoms with E-state index in [-0.39, 0.29) is 17.7 Å². The third-order valence-corrected chi connectivity index (χ3v) is 3.20. The molecule has 0 radical (unpaired) electrons. The highest BCUT2D eigenvalue weighted by Gasteiger charge is 2.27. The van der Waals surface area contributed by atoms with Gasteiger partial charge >= 0.3 is 0 Å². The van der Waals surface area contributed by atoms with Crippen molar-refractivity contribution in [1.29, 1.82) is 0 Å². The van der Waals surface area contributed by atoms with E-state index >= 15 is 0 Å². The Morgan fingerprint density at radius 3 is 2.81 bits per heavy atom. The van der Waals surface area contributed by atoms with Gasteiger partial charge in [0.15, 0.2) is 0 Å². The number of carbonyl (C=O) groups is 1. The second-order valence-electron chi connectivity index (χ2n) is 4.51. The van der Waals surface area contributed by atoms with Crippen LogP contribution in [0.15, 0.2) is 18.2 Å². The maximum atomic E-state index is 12.2. The molecule has 1 aromatic carbocycles. The SMILES string of the molecule is Cc1ccc(C(=O)N2CCCC2C)c(O)c1. The number of aromatic hydroxyl groups is 1. The van der Waals surface area contributed by atoms with Gasteiger partial charge in [0.05, 0.1) is 5.56 Å². The predicted octanol–water partition coefficient (Wildman–Crippen LogP) is 2.33. The molecule has 1 fully saturated rings. The van der Waals surface area contributed by atoms with Crippen LogP contribution in [0.4, 0.5) is 0 Å². The smallest absolute Gasteiger partial charge is 0.257 e. The molecule has 1 atom stereocenters. The van der Waals surface area contributed by atoms with Crippen molar-refractivity contribution in [3.63, 3.8) is 0 Å². The van der Waals surface area contributed by atoms with Crippen LogP contribution in [0, 0.1) is 6.92 Å². The van der Waals surface area contributed by atoms with Crippen LogP contribution in [0.2, 0.25) is 0 Å². The Balaban J connectivity index is 2.27. The Morgan fingerprint density at radius 2 is 2.25 bits per heavy atom. The summed E-state index contributed by atoms with van der Waals surface area (Å²) in [5, 5.41) is 9.76. The lowest BCUT2D eigenvalue weighted by Crippen LogP contribution is -2.33. The van der Waals surface area contributed by atoms with Gasteiger partial charge in [0.2, 0.25) is 0 Å². The monoisotopic (exact) mass is 219 g/mol. The molecule has 1 aliphatic rings. The number of likely N-dealkylation sites (tertiary alicyclic amines) is 1. The molecule has 0 bridgehead atoms. The number of phenols is 1. The van der Waals surface area contributed by atoms with Gasteiger partial charge in [0.25, 0.3) is 5.91 Å². The van der Waals surface area contributed by atoms with Gasteiger partial charge in [-0.3, -0.25) is 4.79 Å².